The first-order chi connectivity index (χ1) is 19.0. The summed E-state index contributed by atoms with van der Waals surface area (Å²) < 4.78 is 7.21. The second kappa shape index (κ2) is 10.7. The standard InChI is InChI=1S/C30H41N7O3/c1-20-17-37-25(33-26(20)36-15-12-23(18-36)32-28(39)40-29(3,4)5)16-24(34-37)21(2)35(6)27(38)30(13-14-31-19-30)22-10-8-7-9-11-22/h7-11,16-17,21,23,31H,12-15,18-19H2,1-6H3,(H,32,39)/t21-,23-,30?/m0/s1. The highest BCUT2D eigenvalue weighted by Gasteiger charge is 2.45. The lowest BCUT2D eigenvalue weighted by Gasteiger charge is -2.35. The van der Waals surface area contributed by atoms with E-state index in [2.05, 4.69) is 27.7 Å². The van der Waals surface area contributed by atoms with Crippen molar-refractivity contribution in [3.63, 3.8) is 0 Å². The Kier molecular flexibility index (Phi) is 7.48. The van der Waals surface area contributed by atoms with Crippen molar-refractivity contribution in [3.05, 3.63) is 59.4 Å². The van der Waals surface area contributed by atoms with E-state index >= 15 is 0 Å². The maximum atomic E-state index is 14.0. The van der Waals surface area contributed by atoms with Crippen molar-refractivity contribution in [1.29, 1.82) is 0 Å². The number of alkyl carbamates (subject to hydrolysis) is 1. The number of amides is 2. The molecule has 3 aromatic rings. The molecule has 0 bridgehead atoms. The molecule has 0 aliphatic carbocycles. The van der Waals surface area contributed by atoms with Gasteiger partial charge < -0.3 is 25.2 Å². The predicted molar refractivity (Wildman–Crippen MR) is 155 cm³/mol. The second-order valence-electron chi connectivity index (χ2n) is 12.2. The van der Waals surface area contributed by atoms with Crippen molar-refractivity contribution in [3.8, 4) is 0 Å². The molecule has 2 N–H and O–H groups in total. The van der Waals surface area contributed by atoms with Gasteiger partial charge in [-0.25, -0.2) is 14.3 Å². The van der Waals surface area contributed by atoms with Crippen LogP contribution in [0, 0.1) is 6.92 Å². The number of fused-ring (bicyclic) bond motifs is 1. The normalized spacial score (nSPS) is 21.9. The van der Waals surface area contributed by atoms with Gasteiger partial charge in [-0.3, -0.25) is 4.79 Å². The number of nitrogens with one attached hydrogen (secondary N) is 2. The molecule has 5 rings (SSSR count). The average molecular weight is 548 g/mol. The van der Waals surface area contributed by atoms with Gasteiger partial charge in [-0.1, -0.05) is 30.3 Å². The van der Waals surface area contributed by atoms with Crippen molar-refractivity contribution in [2.24, 2.45) is 0 Å². The van der Waals surface area contributed by atoms with E-state index in [0.29, 0.717) is 13.1 Å². The van der Waals surface area contributed by atoms with Gasteiger partial charge in [-0.2, -0.15) is 5.10 Å². The predicted octanol–water partition coefficient (Wildman–Crippen LogP) is 3.59. The maximum absolute atomic E-state index is 14.0. The van der Waals surface area contributed by atoms with Gasteiger partial charge in [-0.05, 0) is 59.6 Å². The fraction of sp³-hybridized carbons (Fsp3) is 0.533. The molecule has 2 fully saturated rings. The number of aryl methyl sites for hydroxylation is 1. The van der Waals surface area contributed by atoms with E-state index in [9.17, 15) is 9.59 Å². The molecule has 4 heterocycles. The number of carbonyl (C=O) groups is 2. The van der Waals surface area contributed by atoms with Crippen molar-refractivity contribution in [2.45, 2.75) is 70.6 Å². The Bertz CT molecular complexity index is 1380. The largest absolute Gasteiger partial charge is 0.444 e. The van der Waals surface area contributed by atoms with Crippen LogP contribution < -0.4 is 15.5 Å². The zero-order valence-electron chi connectivity index (χ0n) is 24.4. The van der Waals surface area contributed by atoms with Gasteiger partial charge in [0, 0.05) is 44.5 Å². The minimum atomic E-state index is -0.578. The summed E-state index contributed by atoms with van der Waals surface area (Å²) in [6.07, 6.45) is 3.17. The number of likely N-dealkylation sites (N-methyl/N-ethyl adjacent to an activating group) is 1. The average Bonchev–Trinajstić information content (AvgIpc) is 3.66. The SMILES string of the molecule is Cc1cn2nc([C@H](C)N(C)C(=O)C3(c4ccccc4)CCNC3)cc2nc1N1CC[C@H](NC(=O)OC(C)(C)C)C1. The number of nitrogens with zero attached hydrogens (tertiary/aromatic N) is 5. The molecule has 3 atom stereocenters. The van der Waals surface area contributed by atoms with E-state index in [-0.39, 0.29) is 18.0 Å². The number of hydrogen-bond donors (Lipinski definition) is 2. The molecule has 0 spiro atoms. The second-order valence-corrected chi connectivity index (χ2v) is 12.2. The van der Waals surface area contributed by atoms with Crippen LogP contribution in [-0.2, 0) is 14.9 Å². The van der Waals surface area contributed by atoms with E-state index in [1.807, 2.05) is 77.0 Å². The number of carbonyl (C=O) groups excluding carboxylic acids is 2. The molecule has 0 saturated carbocycles. The minimum Gasteiger partial charge on any atom is -0.444 e. The van der Waals surface area contributed by atoms with Crippen LogP contribution in [0.4, 0.5) is 10.6 Å². The van der Waals surface area contributed by atoms with Crippen LogP contribution in [0.15, 0.2) is 42.6 Å². The van der Waals surface area contributed by atoms with Crippen LogP contribution in [0.25, 0.3) is 5.65 Å². The summed E-state index contributed by atoms with van der Waals surface area (Å²) in [6, 6.07) is 11.8. The third-order valence-corrected chi connectivity index (χ3v) is 8.05. The van der Waals surface area contributed by atoms with Crippen LogP contribution in [0.3, 0.4) is 0 Å². The highest BCUT2D eigenvalue weighted by atomic mass is 16.6. The van der Waals surface area contributed by atoms with Gasteiger partial charge in [0.1, 0.15) is 11.4 Å². The van der Waals surface area contributed by atoms with Crippen molar-refractivity contribution in [2.75, 3.05) is 38.1 Å². The summed E-state index contributed by atoms with van der Waals surface area (Å²) >= 11 is 0. The Morgan fingerprint density at radius 2 is 2.00 bits per heavy atom. The molecule has 2 aliphatic rings. The molecule has 214 valence electrons. The van der Waals surface area contributed by atoms with Crippen LogP contribution in [0.5, 0.6) is 0 Å². The summed E-state index contributed by atoms with van der Waals surface area (Å²) in [5.41, 5.74) is 2.46. The van der Waals surface area contributed by atoms with Crippen LogP contribution >= 0.6 is 0 Å². The molecular weight excluding hydrogens is 506 g/mol. The van der Waals surface area contributed by atoms with Crippen molar-refractivity contribution >= 4 is 23.5 Å². The first-order valence-corrected chi connectivity index (χ1v) is 14.1. The lowest BCUT2D eigenvalue weighted by molar-refractivity contribution is -0.137. The smallest absolute Gasteiger partial charge is 0.407 e. The highest BCUT2D eigenvalue weighted by molar-refractivity contribution is 5.89. The van der Waals surface area contributed by atoms with Crippen molar-refractivity contribution in [1.82, 2.24) is 30.1 Å². The van der Waals surface area contributed by atoms with E-state index in [0.717, 1.165) is 54.2 Å². The lowest BCUT2D eigenvalue weighted by atomic mass is 9.78. The molecule has 2 aliphatic heterocycles. The quantitative estimate of drug-likeness (QED) is 0.486. The summed E-state index contributed by atoms with van der Waals surface area (Å²) in [5.74, 6) is 0.975. The van der Waals surface area contributed by atoms with Gasteiger partial charge in [0.15, 0.2) is 5.65 Å². The first-order valence-electron chi connectivity index (χ1n) is 14.1. The molecule has 2 saturated heterocycles. The van der Waals surface area contributed by atoms with E-state index in [4.69, 9.17) is 14.8 Å². The Morgan fingerprint density at radius 3 is 2.67 bits per heavy atom. The van der Waals surface area contributed by atoms with Gasteiger partial charge in [-0.15, -0.1) is 0 Å². The Hall–Kier alpha value is -3.66. The monoisotopic (exact) mass is 547 g/mol. The zero-order chi connectivity index (χ0) is 28.7. The minimum absolute atomic E-state index is 0.00514. The van der Waals surface area contributed by atoms with Crippen LogP contribution in [-0.4, -0.2) is 76.4 Å². The molecule has 1 unspecified atom stereocenters. The maximum Gasteiger partial charge on any atom is 0.407 e. The number of aromatic nitrogens is 3. The Labute approximate surface area is 236 Å². The lowest BCUT2D eigenvalue weighted by Crippen LogP contribution is -2.47. The highest BCUT2D eigenvalue weighted by Crippen LogP contribution is 2.35. The molecular formula is C30H41N7O3. The zero-order valence-corrected chi connectivity index (χ0v) is 24.4. The number of rotatable bonds is 6. The molecule has 2 amide bonds. The fourth-order valence-electron chi connectivity index (χ4n) is 5.80. The van der Waals surface area contributed by atoms with Crippen LogP contribution in [0.2, 0.25) is 0 Å². The number of hydrogen-bond acceptors (Lipinski definition) is 7. The first kappa shape index (κ1) is 27.9. The summed E-state index contributed by atoms with van der Waals surface area (Å²) in [4.78, 5) is 35.2. The molecule has 0 radical (unpaired) electrons. The summed E-state index contributed by atoms with van der Waals surface area (Å²) in [7, 11) is 1.87. The molecule has 10 heteroatoms. The fourth-order valence-corrected chi connectivity index (χ4v) is 5.80. The van der Waals surface area contributed by atoms with Gasteiger partial charge in [0.05, 0.1) is 23.2 Å². The summed E-state index contributed by atoms with van der Waals surface area (Å²) in [5, 5.41) is 11.2. The Morgan fingerprint density at radius 1 is 1.25 bits per heavy atom. The summed E-state index contributed by atoms with van der Waals surface area (Å²) in [6.45, 7) is 12.5. The molecule has 1 aromatic carbocycles. The van der Waals surface area contributed by atoms with E-state index in [1.54, 1.807) is 4.52 Å². The van der Waals surface area contributed by atoms with E-state index in [1.165, 1.54) is 0 Å². The van der Waals surface area contributed by atoms with Gasteiger partial charge >= 0.3 is 6.09 Å². The Balaban J connectivity index is 1.32. The third-order valence-electron chi connectivity index (χ3n) is 8.05. The topological polar surface area (TPSA) is 104 Å². The molecule has 40 heavy (non-hydrogen) atoms. The van der Waals surface area contributed by atoms with Gasteiger partial charge in [0.25, 0.3) is 0 Å². The third kappa shape index (κ3) is 5.50. The number of anilines is 1. The van der Waals surface area contributed by atoms with E-state index < -0.39 is 17.1 Å². The van der Waals surface area contributed by atoms with Crippen LogP contribution in [0.1, 0.15) is 63.4 Å². The van der Waals surface area contributed by atoms with Crippen molar-refractivity contribution < 1.29 is 14.3 Å². The number of ether oxygens (including phenoxy) is 1. The molecule has 10 nitrogen and oxygen atoms in total. The molecule has 2 aromatic heterocycles. The number of benzene rings is 1. The van der Waals surface area contributed by atoms with Gasteiger partial charge in [0.2, 0.25) is 5.91 Å².